The molecule has 0 amide bonds. The molecule has 0 aliphatic carbocycles. The molecule has 1 atom stereocenters. The molecule has 1 aromatic heterocycles. The largest absolute Gasteiger partial charge is 0.573 e. The van der Waals surface area contributed by atoms with Crippen LogP contribution in [-0.4, -0.2) is 29.3 Å². The summed E-state index contributed by atoms with van der Waals surface area (Å²) in [4.78, 5) is 7.17. The molecule has 23 heavy (non-hydrogen) atoms. The fourth-order valence-electron chi connectivity index (χ4n) is 2.19. The summed E-state index contributed by atoms with van der Waals surface area (Å²) in [5.41, 5.74) is 2.23. The third-order valence-electron chi connectivity index (χ3n) is 3.21. The van der Waals surface area contributed by atoms with Crippen LogP contribution in [-0.2, 0) is 0 Å². The number of imidazole rings is 1. The normalized spacial score (nSPS) is 13.2. The smallest absolute Gasteiger partial charge is 0.406 e. The third-order valence-corrected chi connectivity index (χ3v) is 3.21. The molecule has 3 rings (SSSR count). The van der Waals surface area contributed by atoms with Gasteiger partial charge in [-0.05, 0) is 29.8 Å². The fourth-order valence-corrected chi connectivity index (χ4v) is 2.19. The van der Waals surface area contributed by atoms with Crippen LogP contribution < -0.4 is 10.2 Å². The van der Waals surface area contributed by atoms with E-state index >= 15 is 0 Å². The highest BCUT2D eigenvalue weighted by Crippen LogP contribution is 2.26. The van der Waals surface area contributed by atoms with Gasteiger partial charge in [0.15, 0.2) is 0 Å². The lowest BCUT2D eigenvalue weighted by Gasteiger charge is -2.11. The van der Waals surface area contributed by atoms with Crippen molar-refractivity contribution in [2.45, 2.75) is 12.5 Å². The summed E-state index contributed by atoms with van der Waals surface area (Å²) in [6.45, 7) is 0. The lowest BCUT2D eigenvalue weighted by atomic mass is 9.96. The van der Waals surface area contributed by atoms with Gasteiger partial charge in [-0.15, -0.1) is 13.2 Å². The lowest BCUT2D eigenvalue weighted by Crippen LogP contribution is -2.17. The summed E-state index contributed by atoms with van der Waals surface area (Å²) < 4.78 is 40.1. The van der Waals surface area contributed by atoms with Gasteiger partial charge in [0, 0.05) is 0 Å². The maximum absolute atomic E-state index is 12.1. The van der Waals surface area contributed by atoms with Gasteiger partial charge in [0.1, 0.15) is 25.5 Å². The van der Waals surface area contributed by atoms with Crippen LogP contribution in [0.4, 0.5) is 13.2 Å². The number of H-pyrrole nitrogens is 1. The number of aliphatic hydroxyl groups excluding tert-OH is 1. The Morgan fingerprint density at radius 2 is 1.83 bits per heavy atom. The van der Waals surface area contributed by atoms with Crippen LogP contribution in [0.5, 0.6) is 5.75 Å². The Hall–Kier alpha value is -2.48. The Morgan fingerprint density at radius 3 is 2.48 bits per heavy atom. The van der Waals surface area contributed by atoms with E-state index in [1.807, 2.05) is 0 Å². The molecule has 0 bridgehead atoms. The molecule has 1 unspecified atom stereocenters. The van der Waals surface area contributed by atoms with Gasteiger partial charge in [-0.25, -0.2) is 4.98 Å². The highest BCUT2D eigenvalue weighted by atomic mass is 19.4. The molecule has 0 saturated heterocycles. The highest BCUT2D eigenvalue weighted by molar-refractivity contribution is 6.33. The van der Waals surface area contributed by atoms with Crippen LogP contribution in [0.1, 0.15) is 17.5 Å². The van der Waals surface area contributed by atoms with Gasteiger partial charge in [-0.1, -0.05) is 23.7 Å². The summed E-state index contributed by atoms with van der Waals surface area (Å²) in [6, 6.07) is 10.0. The molecule has 0 saturated carbocycles. The van der Waals surface area contributed by atoms with Gasteiger partial charge in [-0.3, -0.25) is 0 Å². The Morgan fingerprint density at radius 1 is 1.13 bits per heavy atom. The number of aromatic nitrogens is 2. The van der Waals surface area contributed by atoms with Crippen LogP contribution in [0.15, 0.2) is 42.5 Å². The van der Waals surface area contributed by atoms with Crippen molar-refractivity contribution in [2.75, 3.05) is 0 Å². The SMILES string of the molecule is [B]c1ccc2nc(C(O)c3ccc(OC(F)(F)F)cc3)[nH]c2c1. The quantitative estimate of drug-likeness (QED) is 0.729. The Bertz CT molecular complexity index is 831. The zero-order valence-electron chi connectivity index (χ0n) is 11.6. The van der Waals surface area contributed by atoms with Gasteiger partial charge in [0.05, 0.1) is 11.0 Å². The van der Waals surface area contributed by atoms with E-state index in [2.05, 4.69) is 14.7 Å². The fraction of sp³-hybridized carbons (Fsp3) is 0.133. The first kappa shape index (κ1) is 15.4. The molecule has 3 aromatic rings. The van der Waals surface area contributed by atoms with Gasteiger partial charge in [0.25, 0.3) is 0 Å². The minimum Gasteiger partial charge on any atom is -0.406 e. The van der Waals surface area contributed by atoms with Crippen molar-refractivity contribution in [3.8, 4) is 5.75 Å². The summed E-state index contributed by atoms with van der Waals surface area (Å²) in [6.07, 6.45) is -5.86. The first-order valence-corrected chi connectivity index (χ1v) is 6.61. The molecule has 2 N–H and O–H groups in total. The van der Waals surface area contributed by atoms with E-state index in [1.165, 1.54) is 12.1 Å². The van der Waals surface area contributed by atoms with E-state index in [9.17, 15) is 18.3 Å². The first-order valence-electron chi connectivity index (χ1n) is 6.61. The number of aliphatic hydroxyl groups is 1. The first-order chi connectivity index (χ1) is 10.8. The summed E-state index contributed by atoms with van der Waals surface area (Å²) in [7, 11) is 5.67. The predicted molar refractivity (Wildman–Crippen MR) is 78.7 cm³/mol. The van der Waals surface area contributed by atoms with E-state index in [4.69, 9.17) is 7.85 Å². The maximum atomic E-state index is 12.1. The molecule has 1 heterocycles. The molecule has 4 nitrogen and oxygen atoms in total. The number of nitrogens with zero attached hydrogens (tertiary/aromatic N) is 1. The molecule has 0 aliphatic heterocycles. The Balaban J connectivity index is 1.85. The number of fused-ring (bicyclic) bond motifs is 1. The highest BCUT2D eigenvalue weighted by Gasteiger charge is 2.31. The number of nitrogens with one attached hydrogen (secondary N) is 1. The minimum atomic E-state index is -4.75. The van der Waals surface area contributed by atoms with Crippen LogP contribution in [0.25, 0.3) is 11.0 Å². The molecular formula is C15H10BF3N2O2. The molecule has 0 spiro atoms. The second-order valence-electron chi connectivity index (χ2n) is 4.92. The van der Waals surface area contributed by atoms with Crippen molar-refractivity contribution in [3.05, 3.63) is 53.9 Å². The number of ether oxygens (including phenoxy) is 1. The van der Waals surface area contributed by atoms with Crippen LogP contribution in [0.3, 0.4) is 0 Å². The second-order valence-corrected chi connectivity index (χ2v) is 4.92. The van der Waals surface area contributed by atoms with Gasteiger partial charge in [-0.2, -0.15) is 0 Å². The van der Waals surface area contributed by atoms with Crippen LogP contribution >= 0.6 is 0 Å². The zero-order valence-corrected chi connectivity index (χ0v) is 11.6. The number of hydrogen-bond acceptors (Lipinski definition) is 3. The minimum absolute atomic E-state index is 0.273. The molecule has 0 fully saturated rings. The molecule has 116 valence electrons. The van der Waals surface area contributed by atoms with Crippen LogP contribution in [0.2, 0.25) is 0 Å². The third kappa shape index (κ3) is 3.48. The number of alkyl halides is 3. The van der Waals surface area contributed by atoms with Crippen molar-refractivity contribution in [3.63, 3.8) is 0 Å². The second kappa shape index (κ2) is 5.62. The van der Waals surface area contributed by atoms with E-state index in [0.29, 0.717) is 22.1 Å². The van der Waals surface area contributed by atoms with E-state index in [1.54, 1.807) is 18.2 Å². The average molecular weight is 318 g/mol. The standard InChI is InChI=1S/C15H10BF3N2O2/c16-9-3-6-11-12(7-9)21-14(20-11)13(22)8-1-4-10(5-2-8)23-15(17,18)19/h1-7,13,22H,(H,20,21). The lowest BCUT2D eigenvalue weighted by molar-refractivity contribution is -0.274. The number of halogens is 3. The van der Waals surface area contributed by atoms with Crippen molar-refractivity contribution in [1.82, 2.24) is 9.97 Å². The Kier molecular flexibility index (Phi) is 3.77. The molecule has 2 aromatic carbocycles. The van der Waals surface area contributed by atoms with Gasteiger partial charge in [0.2, 0.25) is 0 Å². The van der Waals surface area contributed by atoms with Crippen molar-refractivity contribution >= 4 is 24.3 Å². The topological polar surface area (TPSA) is 58.1 Å². The maximum Gasteiger partial charge on any atom is 0.573 e. The molecular weight excluding hydrogens is 308 g/mol. The van der Waals surface area contributed by atoms with Crippen molar-refractivity contribution in [2.24, 2.45) is 0 Å². The summed E-state index contributed by atoms with van der Waals surface area (Å²) in [5.74, 6) is -0.0825. The van der Waals surface area contributed by atoms with Crippen molar-refractivity contribution < 1.29 is 23.0 Å². The number of hydrogen-bond donors (Lipinski definition) is 2. The Labute approximate surface area is 130 Å². The number of aromatic amines is 1. The van der Waals surface area contributed by atoms with Gasteiger partial charge >= 0.3 is 6.36 Å². The molecule has 0 aliphatic rings. The predicted octanol–water partition coefficient (Wildman–Crippen LogP) is 2.34. The van der Waals surface area contributed by atoms with Gasteiger partial charge < -0.3 is 14.8 Å². The number of rotatable bonds is 3. The van der Waals surface area contributed by atoms with E-state index in [-0.39, 0.29) is 11.6 Å². The summed E-state index contributed by atoms with van der Waals surface area (Å²) >= 11 is 0. The molecule has 8 heteroatoms. The van der Waals surface area contributed by atoms with E-state index in [0.717, 1.165) is 12.1 Å². The summed E-state index contributed by atoms with van der Waals surface area (Å²) in [5, 5.41) is 10.3. The zero-order chi connectivity index (χ0) is 16.6. The van der Waals surface area contributed by atoms with Crippen molar-refractivity contribution in [1.29, 1.82) is 0 Å². The van der Waals surface area contributed by atoms with Crippen LogP contribution in [0, 0.1) is 0 Å². The van der Waals surface area contributed by atoms with E-state index < -0.39 is 12.5 Å². The average Bonchev–Trinajstić information content (AvgIpc) is 2.88. The monoisotopic (exact) mass is 318 g/mol. The number of benzene rings is 2. The molecule has 2 radical (unpaired) electrons.